The lowest BCUT2D eigenvalue weighted by molar-refractivity contribution is -0.127. The third kappa shape index (κ3) is 5.72. The van der Waals surface area contributed by atoms with Crippen LogP contribution in [-0.4, -0.2) is 43.0 Å². The SMILES string of the molecule is [2H]C([2H])(OC(=O)c1ccccc1)C([2H])([2H])C1CCN(C(=O)/C=C/OCC)CC1. The summed E-state index contributed by atoms with van der Waals surface area (Å²) in [6.07, 6.45) is 0.787. The first-order valence-corrected chi connectivity index (χ1v) is 8.04. The fraction of sp³-hybridized carbons (Fsp3) is 0.474. The highest BCUT2D eigenvalue weighted by Crippen LogP contribution is 2.21. The monoisotopic (exact) mass is 335 g/mol. The highest BCUT2D eigenvalue weighted by Gasteiger charge is 2.21. The zero-order valence-corrected chi connectivity index (χ0v) is 13.7. The second-order valence-corrected chi connectivity index (χ2v) is 5.36. The Bertz CT molecular complexity index is 701. The molecule has 0 unspecified atom stereocenters. The van der Waals surface area contributed by atoms with Gasteiger partial charge in [-0.3, -0.25) is 4.79 Å². The van der Waals surface area contributed by atoms with Crippen LogP contribution < -0.4 is 0 Å². The van der Waals surface area contributed by atoms with E-state index in [9.17, 15) is 9.59 Å². The molecular formula is C19H25NO4. The molecule has 1 aromatic carbocycles. The molecule has 130 valence electrons. The fourth-order valence-corrected chi connectivity index (χ4v) is 2.34. The summed E-state index contributed by atoms with van der Waals surface area (Å²) in [5.41, 5.74) is 0.156. The van der Waals surface area contributed by atoms with Gasteiger partial charge in [0.15, 0.2) is 0 Å². The van der Waals surface area contributed by atoms with Crippen LogP contribution in [0.1, 0.15) is 42.0 Å². The first-order valence-electron chi connectivity index (χ1n) is 10.0. The number of esters is 1. The quantitative estimate of drug-likeness (QED) is 0.437. The van der Waals surface area contributed by atoms with Crippen molar-refractivity contribution < 1.29 is 24.5 Å². The minimum atomic E-state index is -2.80. The van der Waals surface area contributed by atoms with Crippen molar-refractivity contribution in [1.29, 1.82) is 0 Å². The third-order valence-corrected chi connectivity index (χ3v) is 3.70. The van der Waals surface area contributed by atoms with Crippen molar-refractivity contribution in [2.75, 3.05) is 26.3 Å². The lowest BCUT2D eigenvalue weighted by Gasteiger charge is -2.31. The molecule has 0 aliphatic carbocycles. The van der Waals surface area contributed by atoms with E-state index in [1.165, 1.54) is 24.5 Å². The van der Waals surface area contributed by atoms with Crippen molar-refractivity contribution in [3.05, 3.63) is 48.2 Å². The predicted octanol–water partition coefficient (Wildman–Crippen LogP) is 3.02. The van der Waals surface area contributed by atoms with Gasteiger partial charge in [-0.15, -0.1) is 0 Å². The van der Waals surface area contributed by atoms with Crippen LogP contribution in [0.3, 0.4) is 0 Å². The number of amides is 1. The molecule has 1 saturated heterocycles. The van der Waals surface area contributed by atoms with Gasteiger partial charge in [0.2, 0.25) is 5.91 Å². The molecule has 0 saturated carbocycles. The van der Waals surface area contributed by atoms with E-state index in [1.54, 1.807) is 30.0 Å². The van der Waals surface area contributed by atoms with E-state index in [2.05, 4.69) is 0 Å². The van der Waals surface area contributed by atoms with Gasteiger partial charge in [-0.1, -0.05) is 18.2 Å². The first kappa shape index (κ1) is 13.0. The smallest absolute Gasteiger partial charge is 0.338 e. The minimum absolute atomic E-state index is 0.156. The second kappa shape index (κ2) is 9.75. The van der Waals surface area contributed by atoms with Gasteiger partial charge in [0.25, 0.3) is 0 Å². The van der Waals surface area contributed by atoms with Crippen molar-refractivity contribution >= 4 is 11.9 Å². The fourth-order valence-electron chi connectivity index (χ4n) is 2.34. The van der Waals surface area contributed by atoms with Gasteiger partial charge in [0.05, 0.1) is 27.7 Å². The van der Waals surface area contributed by atoms with E-state index < -0.39 is 24.8 Å². The molecule has 1 fully saturated rings. The summed E-state index contributed by atoms with van der Waals surface area (Å²) in [7, 11) is 0. The van der Waals surface area contributed by atoms with E-state index in [1.807, 2.05) is 0 Å². The van der Waals surface area contributed by atoms with E-state index in [4.69, 9.17) is 15.0 Å². The maximum atomic E-state index is 12.2. The predicted molar refractivity (Wildman–Crippen MR) is 91.4 cm³/mol. The molecule has 1 heterocycles. The molecule has 5 heteroatoms. The Morgan fingerprint density at radius 3 is 2.67 bits per heavy atom. The van der Waals surface area contributed by atoms with Gasteiger partial charge in [-0.2, -0.15) is 0 Å². The maximum absolute atomic E-state index is 12.2. The lowest BCUT2D eigenvalue weighted by Crippen LogP contribution is -2.37. The van der Waals surface area contributed by atoms with Crippen LogP contribution in [0.2, 0.25) is 0 Å². The Hall–Kier alpha value is -2.30. The number of hydrogen-bond acceptors (Lipinski definition) is 4. The number of likely N-dealkylation sites (tertiary alicyclic amines) is 1. The highest BCUT2D eigenvalue weighted by atomic mass is 16.5. The van der Waals surface area contributed by atoms with Gasteiger partial charge in [-0.05, 0) is 44.2 Å². The van der Waals surface area contributed by atoms with Gasteiger partial charge in [-0.25, -0.2) is 4.79 Å². The molecule has 2 rings (SSSR count). The maximum Gasteiger partial charge on any atom is 0.338 e. The standard InChI is InChI=1S/C19H25NO4/c1-2-23-14-11-18(21)20-12-8-16(9-13-20)10-15-24-19(22)17-6-4-3-5-7-17/h3-7,11,14,16H,2,8-10,12-13,15H2,1H3/b14-11+/i10D2,15D2. The molecular weight excluding hydrogens is 306 g/mol. The van der Waals surface area contributed by atoms with E-state index in [0.29, 0.717) is 19.7 Å². The van der Waals surface area contributed by atoms with E-state index in [0.717, 1.165) is 0 Å². The molecule has 1 aliphatic rings. The Labute approximate surface area is 148 Å². The van der Waals surface area contributed by atoms with Crippen LogP contribution in [0.4, 0.5) is 0 Å². The zero-order valence-electron chi connectivity index (χ0n) is 17.7. The normalized spacial score (nSPS) is 19.1. The number of hydrogen-bond donors (Lipinski definition) is 0. The van der Waals surface area contributed by atoms with Crippen molar-refractivity contribution in [1.82, 2.24) is 4.90 Å². The molecule has 0 N–H and O–H groups in total. The number of carbonyl (C=O) groups is 2. The molecule has 1 amide bonds. The van der Waals surface area contributed by atoms with E-state index in [-0.39, 0.29) is 24.3 Å². The molecule has 1 aromatic rings. The number of nitrogens with zero attached hydrogens (tertiary/aromatic N) is 1. The molecule has 1 aliphatic heterocycles. The summed E-state index contributed by atoms with van der Waals surface area (Å²) in [4.78, 5) is 25.8. The molecule has 24 heavy (non-hydrogen) atoms. The lowest BCUT2D eigenvalue weighted by atomic mass is 9.94. The number of benzene rings is 1. The summed E-state index contributed by atoms with van der Waals surface area (Å²) in [6, 6.07) is 7.91. The summed E-state index contributed by atoms with van der Waals surface area (Å²) in [5.74, 6) is -1.83. The molecule has 0 spiro atoms. The Kier molecular flexibility index (Phi) is 5.30. The highest BCUT2D eigenvalue weighted by molar-refractivity contribution is 5.89. The summed E-state index contributed by atoms with van der Waals surface area (Å²) >= 11 is 0. The van der Waals surface area contributed by atoms with Crippen LogP contribution in [-0.2, 0) is 14.3 Å². The first-order chi connectivity index (χ1) is 13.2. The molecule has 0 radical (unpaired) electrons. The second-order valence-electron chi connectivity index (χ2n) is 5.36. The van der Waals surface area contributed by atoms with Crippen LogP contribution in [0.5, 0.6) is 0 Å². The summed E-state index contributed by atoms with van der Waals surface area (Å²) < 4.78 is 42.5. The van der Waals surface area contributed by atoms with Crippen molar-refractivity contribution in [3.63, 3.8) is 0 Å². The van der Waals surface area contributed by atoms with Crippen LogP contribution in [0.25, 0.3) is 0 Å². The van der Waals surface area contributed by atoms with Crippen LogP contribution in [0.15, 0.2) is 42.7 Å². The van der Waals surface area contributed by atoms with Crippen molar-refractivity contribution in [2.24, 2.45) is 5.92 Å². The van der Waals surface area contributed by atoms with Crippen LogP contribution in [0, 0.1) is 5.92 Å². The topological polar surface area (TPSA) is 55.8 Å². The number of piperidine rings is 1. The van der Waals surface area contributed by atoms with Gasteiger partial charge >= 0.3 is 5.97 Å². The van der Waals surface area contributed by atoms with Crippen molar-refractivity contribution in [2.45, 2.75) is 26.1 Å². The Morgan fingerprint density at radius 2 is 2.00 bits per heavy atom. The van der Waals surface area contributed by atoms with Crippen molar-refractivity contribution in [3.8, 4) is 0 Å². The van der Waals surface area contributed by atoms with Crippen LogP contribution >= 0.6 is 0 Å². The van der Waals surface area contributed by atoms with Gasteiger partial charge in [0, 0.05) is 21.9 Å². The Morgan fingerprint density at radius 1 is 1.29 bits per heavy atom. The molecule has 0 bridgehead atoms. The summed E-state index contributed by atoms with van der Waals surface area (Å²) in [6.45, 7) is 0.0554. The average molecular weight is 335 g/mol. The Balaban J connectivity index is 1.98. The average Bonchev–Trinajstić information content (AvgIpc) is 2.68. The van der Waals surface area contributed by atoms with Gasteiger partial charge < -0.3 is 14.4 Å². The number of carbonyl (C=O) groups excluding carboxylic acids is 2. The van der Waals surface area contributed by atoms with E-state index >= 15 is 0 Å². The number of ether oxygens (including phenoxy) is 2. The molecule has 5 nitrogen and oxygen atoms in total. The minimum Gasteiger partial charge on any atom is -0.501 e. The third-order valence-electron chi connectivity index (χ3n) is 3.70. The molecule has 0 atom stereocenters. The largest absolute Gasteiger partial charge is 0.501 e. The summed E-state index contributed by atoms with van der Waals surface area (Å²) in [5, 5.41) is 0. The zero-order chi connectivity index (χ0) is 20.8. The number of rotatable bonds is 7. The van der Waals surface area contributed by atoms with Gasteiger partial charge in [0.1, 0.15) is 0 Å². The molecule has 0 aromatic heterocycles.